The molecule has 0 aliphatic rings. The molecule has 0 fully saturated rings. The van der Waals surface area contributed by atoms with Gasteiger partial charge in [-0.15, -0.1) is 0 Å². The van der Waals surface area contributed by atoms with Gasteiger partial charge in [0, 0.05) is 0 Å². The summed E-state index contributed by atoms with van der Waals surface area (Å²) in [6.45, 7) is 2.51. The standard InChI is InChI=1S/C22H20O4/c1-17-8-7-11-19(14-17)16-25-26-21-13-6-5-12-20(21)22(23)24-15-18-9-3-2-4-10-18/h2-14H,15-16H2,1H3. The first-order valence-electron chi connectivity index (χ1n) is 8.37. The van der Waals surface area contributed by atoms with Gasteiger partial charge < -0.3 is 9.62 Å². The molecule has 0 saturated carbocycles. The summed E-state index contributed by atoms with van der Waals surface area (Å²) in [7, 11) is 0. The smallest absolute Gasteiger partial charge is 0.342 e. The first-order chi connectivity index (χ1) is 12.7. The summed E-state index contributed by atoms with van der Waals surface area (Å²) in [6, 6.07) is 24.3. The third-order valence-electron chi connectivity index (χ3n) is 3.78. The van der Waals surface area contributed by atoms with Crippen LogP contribution in [0.25, 0.3) is 0 Å². The van der Waals surface area contributed by atoms with Gasteiger partial charge in [-0.1, -0.05) is 72.3 Å². The number of carbonyl (C=O) groups is 1. The van der Waals surface area contributed by atoms with Gasteiger partial charge in [0.05, 0.1) is 0 Å². The van der Waals surface area contributed by atoms with Crippen LogP contribution in [0.15, 0.2) is 78.9 Å². The fourth-order valence-electron chi connectivity index (χ4n) is 2.47. The molecule has 26 heavy (non-hydrogen) atoms. The molecule has 4 nitrogen and oxygen atoms in total. The van der Waals surface area contributed by atoms with E-state index in [4.69, 9.17) is 14.5 Å². The highest BCUT2D eigenvalue weighted by Gasteiger charge is 2.14. The van der Waals surface area contributed by atoms with E-state index in [2.05, 4.69) is 0 Å². The number of hydrogen-bond acceptors (Lipinski definition) is 4. The summed E-state index contributed by atoms with van der Waals surface area (Å²) < 4.78 is 5.36. The monoisotopic (exact) mass is 348 g/mol. The summed E-state index contributed by atoms with van der Waals surface area (Å²) in [5.74, 6) is -0.123. The third-order valence-corrected chi connectivity index (χ3v) is 3.78. The van der Waals surface area contributed by atoms with Crippen LogP contribution in [0, 0.1) is 6.92 Å². The molecule has 132 valence electrons. The molecule has 0 saturated heterocycles. The summed E-state index contributed by atoms with van der Waals surface area (Å²) in [6.07, 6.45) is 0. The molecule has 0 atom stereocenters. The molecule has 3 rings (SSSR count). The maximum atomic E-state index is 12.4. The zero-order valence-electron chi connectivity index (χ0n) is 14.6. The molecule has 0 amide bonds. The predicted molar refractivity (Wildman–Crippen MR) is 98.6 cm³/mol. The zero-order valence-corrected chi connectivity index (χ0v) is 14.6. The fourth-order valence-corrected chi connectivity index (χ4v) is 2.47. The fraction of sp³-hybridized carbons (Fsp3) is 0.136. The lowest BCUT2D eigenvalue weighted by Gasteiger charge is -2.10. The SMILES string of the molecule is Cc1cccc(COOc2ccccc2C(=O)OCc2ccccc2)c1. The largest absolute Gasteiger partial charge is 0.457 e. The lowest BCUT2D eigenvalue weighted by atomic mass is 10.1. The van der Waals surface area contributed by atoms with E-state index in [0.717, 1.165) is 16.7 Å². The van der Waals surface area contributed by atoms with Gasteiger partial charge in [-0.05, 0) is 30.2 Å². The van der Waals surface area contributed by atoms with Crippen molar-refractivity contribution in [3.05, 3.63) is 101 Å². The highest BCUT2D eigenvalue weighted by atomic mass is 17.2. The third kappa shape index (κ3) is 4.94. The molecule has 3 aromatic carbocycles. The maximum absolute atomic E-state index is 12.4. The Morgan fingerprint density at radius 3 is 2.35 bits per heavy atom. The summed E-state index contributed by atoms with van der Waals surface area (Å²) in [5, 5.41) is 0. The molecule has 0 N–H and O–H groups in total. The van der Waals surface area contributed by atoms with Crippen LogP contribution in [-0.2, 0) is 22.8 Å². The van der Waals surface area contributed by atoms with Crippen LogP contribution in [0.4, 0.5) is 0 Å². The molecule has 0 aliphatic carbocycles. The number of carbonyl (C=O) groups excluding carboxylic acids is 1. The van der Waals surface area contributed by atoms with Gasteiger partial charge in [0.2, 0.25) is 0 Å². The van der Waals surface area contributed by atoms with Crippen molar-refractivity contribution < 1.29 is 19.3 Å². The Balaban J connectivity index is 1.59. The molecular formula is C22H20O4. The van der Waals surface area contributed by atoms with Crippen LogP contribution in [0.5, 0.6) is 5.75 Å². The number of benzene rings is 3. The van der Waals surface area contributed by atoms with Gasteiger partial charge >= 0.3 is 5.97 Å². The van der Waals surface area contributed by atoms with E-state index in [0.29, 0.717) is 11.3 Å². The van der Waals surface area contributed by atoms with Gasteiger partial charge in [-0.3, -0.25) is 0 Å². The number of ether oxygens (including phenoxy) is 1. The maximum Gasteiger partial charge on any atom is 0.342 e. The van der Waals surface area contributed by atoms with Crippen molar-refractivity contribution >= 4 is 5.97 Å². The minimum Gasteiger partial charge on any atom is -0.457 e. The Labute approximate surface area is 152 Å². The van der Waals surface area contributed by atoms with Crippen molar-refractivity contribution in [2.75, 3.05) is 0 Å². The molecular weight excluding hydrogens is 328 g/mol. The summed E-state index contributed by atoms with van der Waals surface area (Å²) >= 11 is 0. The number of rotatable bonds is 7. The normalized spacial score (nSPS) is 10.3. The van der Waals surface area contributed by atoms with Crippen LogP contribution in [0.1, 0.15) is 27.0 Å². The second-order valence-electron chi connectivity index (χ2n) is 5.89. The van der Waals surface area contributed by atoms with E-state index in [1.807, 2.05) is 61.5 Å². The minimum atomic E-state index is -0.455. The first kappa shape index (κ1) is 17.7. The van der Waals surface area contributed by atoms with Crippen LogP contribution in [0.2, 0.25) is 0 Å². The van der Waals surface area contributed by atoms with Crippen LogP contribution < -0.4 is 4.89 Å². The Hall–Kier alpha value is -3.11. The van der Waals surface area contributed by atoms with E-state index in [1.165, 1.54) is 0 Å². The van der Waals surface area contributed by atoms with Crippen molar-refractivity contribution in [2.24, 2.45) is 0 Å². The second-order valence-corrected chi connectivity index (χ2v) is 5.89. The van der Waals surface area contributed by atoms with Gasteiger partial charge in [0.1, 0.15) is 18.8 Å². The Morgan fingerprint density at radius 2 is 1.54 bits per heavy atom. The van der Waals surface area contributed by atoms with Crippen LogP contribution in [0.3, 0.4) is 0 Å². The highest BCUT2D eigenvalue weighted by Crippen LogP contribution is 2.20. The van der Waals surface area contributed by atoms with E-state index < -0.39 is 5.97 Å². The Kier molecular flexibility index (Phi) is 6.01. The number of esters is 1. The average molecular weight is 348 g/mol. The number of aryl methyl sites for hydroxylation is 1. The number of hydrogen-bond donors (Lipinski definition) is 0. The molecule has 0 unspecified atom stereocenters. The van der Waals surface area contributed by atoms with Crippen molar-refractivity contribution in [1.29, 1.82) is 0 Å². The predicted octanol–water partition coefficient (Wildman–Crippen LogP) is 4.86. The van der Waals surface area contributed by atoms with Crippen LogP contribution >= 0.6 is 0 Å². The van der Waals surface area contributed by atoms with Crippen molar-refractivity contribution in [2.45, 2.75) is 20.1 Å². The molecule has 0 spiro atoms. The summed E-state index contributed by atoms with van der Waals surface area (Å²) in [4.78, 5) is 23.0. The molecule has 4 heteroatoms. The molecule has 0 heterocycles. The minimum absolute atomic E-state index is 0.207. The van der Waals surface area contributed by atoms with Crippen molar-refractivity contribution in [3.8, 4) is 5.75 Å². The molecule has 0 radical (unpaired) electrons. The van der Waals surface area contributed by atoms with Gasteiger partial charge in [-0.25, -0.2) is 4.79 Å². The molecule has 0 aromatic heterocycles. The lowest BCUT2D eigenvalue weighted by molar-refractivity contribution is -0.217. The molecule has 3 aromatic rings. The molecule has 0 aliphatic heterocycles. The van der Waals surface area contributed by atoms with E-state index in [-0.39, 0.29) is 13.2 Å². The van der Waals surface area contributed by atoms with Gasteiger partial charge in [0.15, 0.2) is 5.75 Å². The molecule has 0 bridgehead atoms. The van der Waals surface area contributed by atoms with Crippen molar-refractivity contribution in [1.82, 2.24) is 0 Å². The Bertz CT molecular complexity index is 859. The van der Waals surface area contributed by atoms with Crippen molar-refractivity contribution in [3.63, 3.8) is 0 Å². The quantitative estimate of drug-likeness (QED) is 0.347. The average Bonchev–Trinajstić information content (AvgIpc) is 2.67. The van der Waals surface area contributed by atoms with E-state index >= 15 is 0 Å². The van der Waals surface area contributed by atoms with Gasteiger partial charge in [0.25, 0.3) is 0 Å². The second kappa shape index (κ2) is 8.83. The topological polar surface area (TPSA) is 44.8 Å². The lowest BCUT2D eigenvalue weighted by Crippen LogP contribution is -2.08. The Morgan fingerprint density at radius 1 is 0.808 bits per heavy atom. The van der Waals surface area contributed by atoms with E-state index in [1.54, 1.807) is 24.3 Å². The highest BCUT2D eigenvalue weighted by molar-refractivity contribution is 5.92. The zero-order chi connectivity index (χ0) is 18.2. The summed E-state index contributed by atoms with van der Waals surface area (Å²) in [5.41, 5.74) is 3.40. The van der Waals surface area contributed by atoms with Crippen LogP contribution in [-0.4, -0.2) is 5.97 Å². The number of para-hydroxylation sites is 1. The van der Waals surface area contributed by atoms with E-state index in [9.17, 15) is 4.79 Å². The van der Waals surface area contributed by atoms with Gasteiger partial charge in [-0.2, -0.15) is 4.89 Å². The first-order valence-corrected chi connectivity index (χ1v) is 8.37.